The number of carbonyl (C=O) groups excluding carboxylic acids is 1. The molecule has 3 aromatic carbocycles. The maximum absolute atomic E-state index is 13.0. The molecule has 2 unspecified atom stereocenters. The highest BCUT2D eigenvalue weighted by molar-refractivity contribution is 5.89. The number of aryl methyl sites for hydroxylation is 1. The molecule has 3 aromatic rings. The van der Waals surface area contributed by atoms with Crippen LogP contribution in [-0.4, -0.2) is 31.3 Å². The lowest BCUT2D eigenvalue weighted by Crippen LogP contribution is -2.51. The zero-order chi connectivity index (χ0) is 23.4. The van der Waals surface area contributed by atoms with Gasteiger partial charge in [0, 0.05) is 18.3 Å². The lowest BCUT2D eigenvalue weighted by atomic mass is 9.87. The second kappa shape index (κ2) is 9.67. The first kappa shape index (κ1) is 22.9. The Hall–Kier alpha value is -3.31. The van der Waals surface area contributed by atoms with Crippen LogP contribution >= 0.6 is 0 Å². The summed E-state index contributed by atoms with van der Waals surface area (Å²) >= 11 is 0. The van der Waals surface area contributed by atoms with Crippen molar-refractivity contribution in [3.05, 3.63) is 95.1 Å². The SMILES string of the molecule is CNc1ccc2c(c1)C(OCCc1ccccc1)C(OC(=O)c1ccc(C)cc1)C(C)(C)O2. The normalized spacial score (nSPS) is 18.7. The molecule has 2 atom stereocenters. The van der Waals surface area contributed by atoms with Crippen molar-refractivity contribution in [3.8, 4) is 5.75 Å². The number of fused-ring (bicyclic) bond motifs is 1. The van der Waals surface area contributed by atoms with Gasteiger partial charge in [-0.25, -0.2) is 4.79 Å². The topological polar surface area (TPSA) is 56.8 Å². The van der Waals surface area contributed by atoms with Gasteiger partial charge in [0.25, 0.3) is 0 Å². The maximum atomic E-state index is 13.0. The number of esters is 1. The van der Waals surface area contributed by atoms with E-state index in [1.807, 2.05) is 76.3 Å². The number of benzene rings is 3. The Balaban J connectivity index is 1.62. The van der Waals surface area contributed by atoms with Crippen LogP contribution in [0.15, 0.2) is 72.8 Å². The minimum absolute atomic E-state index is 0.387. The fourth-order valence-electron chi connectivity index (χ4n) is 4.09. The molecule has 1 N–H and O–H groups in total. The molecule has 0 bridgehead atoms. The van der Waals surface area contributed by atoms with Crippen molar-refractivity contribution in [2.75, 3.05) is 19.0 Å². The molecule has 0 aliphatic carbocycles. The number of carbonyl (C=O) groups is 1. The van der Waals surface area contributed by atoms with Gasteiger partial charge in [-0.1, -0.05) is 48.0 Å². The van der Waals surface area contributed by atoms with Crippen molar-refractivity contribution >= 4 is 11.7 Å². The van der Waals surface area contributed by atoms with E-state index >= 15 is 0 Å². The van der Waals surface area contributed by atoms with E-state index in [1.165, 1.54) is 5.56 Å². The van der Waals surface area contributed by atoms with E-state index < -0.39 is 17.8 Å². The molecule has 0 aromatic heterocycles. The molecule has 0 saturated heterocycles. The summed E-state index contributed by atoms with van der Waals surface area (Å²) in [7, 11) is 1.87. The molecular weight excluding hydrogens is 414 g/mol. The van der Waals surface area contributed by atoms with Gasteiger partial charge >= 0.3 is 5.97 Å². The molecular formula is C28H31NO4. The summed E-state index contributed by atoms with van der Waals surface area (Å²) < 4.78 is 18.8. The first-order valence-electron chi connectivity index (χ1n) is 11.3. The average molecular weight is 446 g/mol. The third-order valence-corrected chi connectivity index (χ3v) is 5.99. The van der Waals surface area contributed by atoms with Crippen LogP contribution in [0.5, 0.6) is 5.75 Å². The summed E-state index contributed by atoms with van der Waals surface area (Å²) in [6.07, 6.45) is -0.324. The first-order chi connectivity index (χ1) is 15.9. The zero-order valence-corrected chi connectivity index (χ0v) is 19.6. The van der Waals surface area contributed by atoms with Gasteiger partial charge in [-0.05, 0) is 63.1 Å². The molecule has 5 nitrogen and oxygen atoms in total. The van der Waals surface area contributed by atoms with Crippen molar-refractivity contribution in [3.63, 3.8) is 0 Å². The van der Waals surface area contributed by atoms with Crippen LogP contribution in [0.25, 0.3) is 0 Å². The van der Waals surface area contributed by atoms with Crippen LogP contribution < -0.4 is 10.1 Å². The minimum Gasteiger partial charge on any atom is -0.483 e. The van der Waals surface area contributed by atoms with E-state index in [4.69, 9.17) is 14.2 Å². The Morgan fingerprint density at radius 3 is 2.45 bits per heavy atom. The molecule has 0 spiro atoms. The van der Waals surface area contributed by atoms with E-state index in [0.717, 1.165) is 29.0 Å². The number of nitrogens with one attached hydrogen (secondary N) is 1. The molecule has 1 aliphatic rings. The van der Waals surface area contributed by atoms with E-state index in [2.05, 4.69) is 17.4 Å². The highest BCUT2D eigenvalue weighted by Gasteiger charge is 2.47. The van der Waals surface area contributed by atoms with Gasteiger partial charge in [0.15, 0.2) is 6.10 Å². The van der Waals surface area contributed by atoms with E-state index in [1.54, 1.807) is 12.1 Å². The number of hydrogen-bond donors (Lipinski definition) is 1. The molecule has 33 heavy (non-hydrogen) atoms. The predicted octanol–water partition coefficient (Wildman–Crippen LogP) is 5.73. The van der Waals surface area contributed by atoms with Gasteiger partial charge in [-0.3, -0.25) is 0 Å². The van der Waals surface area contributed by atoms with Crippen molar-refractivity contribution < 1.29 is 19.0 Å². The summed E-state index contributed by atoms with van der Waals surface area (Å²) in [5.74, 6) is 0.355. The molecule has 0 amide bonds. The lowest BCUT2D eigenvalue weighted by Gasteiger charge is -2.43. The molecule has 1 aliphatic heterocycles. The van der Waals surface area contributed by atoms with Crippen molar-refractivity contribution in [2.24, 2.45) is 0 Å². The Morgan fingerprint density at radius 2 is 1.76 bits per heavy atom. The van der Waals surface area contributed by atoms with E-state index in [9.17, 15) is 4.79 Å². The standard InChI is InChI=1S/C28H31NO4/c1-19-10-12-21(13-11-19)27(30)32-26-25(31-17-16-20-8-6-5-7-9-20)23-18-22(29-4)14-15-24(23)33-28(26,2)3/h5-15,18,25-26,29H,16-17H2,1-4H3. The number of hydrogen-bond acceptors (Lipinski definition) is 5. The molecule has 5 heteroatoms. The third kappa shape index (κ3) is 5.20. The van der Waals surface area contributed by atoms with Gasteiger partial charge < -0.3 is 19.5 Å². The second-order valence-electron chi connectivity index (χ2n) is 8.93. The van der Waals surface area contributed by atoms with Gasteiger partial charge in [0.2, 0.25) is 0 Å². The highest BCUT2D eigenvalue weighted by atomic mass is 16.6. The van der Waals surface area contributed by atoms with Crippen molar-refractivity contribution in [2.45, 2.75) is 45.0 Å². The molecule has 4 rings (SSSR count). The van der Waals surface area contributed by atoms with Crippen molar-refractivity contribution in [1.82, 2.24) is 0 Å². The van der Waals surface area contributed by atoms with Crippen LogP contribution in [0.3, 0.4) is 0 Å². The Kier molecular flexibility index (Phi) is 6.70. The van der Waals surface area contributed by atoms with Crippen LogP contribution in [0.2, 0.25) is 0 Å². The quantitative estimate of drug-likeness (QED) is 0.471. The smallest absolute Gasteiger partial charge is 0.338 e. The van der Waals surface area contributed by atoms with Crippen LogP contribution in [0.1, 0.15) is 47.0 Å². The second-order valence-corrected chi connectivity index (χ2v) is 8.93. The Bertz CT molecular complexity index is 1090. The minimum atomic E-state index is -0.772. The summed E-state index contributed by atoms with van der Waals surface area (Å²) in [6.45, 7) is 6.35. The predicted molar refractivity (Wildman–Crippen MR) is 130 cm³/mol. The van der Waals surface area contributed by atoms with E-state index in [0.29, 0.717) is 12.2 Å². The van der Waals surface area contributed by atoms with Crippen LogP contribution in [0.4, 0.5) is 5.69 Å². The fourth-order valence-corrected chi connectivity index (χ4v) is 4.09. The zero-order valence-electron chi connectivity index (χ0n) is 19.6. The molecule has 0 saturated carbocycles. The number of rotatable bonds is 7. The number of ether oxygens (including phenoxy) is 3. The molecule has 1 heterocycles. The Morgan fingerprint density at radius 1 is 1.03 bits per heavy atom. The van der Waals surface area contributed by atoms with Gasteiger partial charge in [0.05, 0.1) is 12.2 Å². The van der Waals surface area contributed by atoms with Crippen molar-refractivity contribution in [1.29, 1.82) is 0 Å². The fraction of sp³-hybridized carbons (Fsp3) is 0.321. The van der Waals surface area contributed by atoms with Crippen LogP contribution in [-0.2, 0) is 15.9 Å². The van der Waals surface area contributed by atoms with Crippen LogP contribution in [0, 0.1) is 6.92 Å². The summed E-state index contributed by atoms with van der Waals surface area (Å²) in [4.78, 5) is 13.0. The van der Waals surface area contributed by atoms with E-state index in [-0.39, 0.29) is 5.97 Å². The summed E-state index contributed by atoms with van der Waals surface area (Å²) in [5.41, 5.74) is 3.83. The molecule has 0 fully saturated rings. The highest BCUT2D eigenvalue weighted by Crippen LogP contribution is 2.44. The largest absolute Gasteiger partial charge is 0.483 e. The van der Waals surface area contributed by atoms with Gasteiger partial charge in [-0.2, -0.15) is 0 Å². The lowest BCUT2D eigenvalue weighted by molar-refractivity contribution is -0.139. The monoisotopic (exact) mass is 445 g/mol. The first-order valence-corrected chi connectivity index (χ1v) is 11.3. The summed E-state index contributed by atoms with van der Waals surface area (Å²) in [5, 5.41) is 3.17. The third-order valence-electron chi connectivity index (χ3n) is 5.99. The van der Waals surface area contributed by atoms with Gasteiger partial charge in [0.1, 0.15) is 17.5 Å². The Labute approximate surface area is 195 Å². The summed E-state index contributed by atoms with van der Waals surface area (Å²) in [6, 6.07) is 23.5. The molecule has 0 radical (unpaired) electrons. The number of anilines is 1. The van der Waals surface area contributed by atoms with Gasteiger partial charge in [-0.15, -0.1) is 0 Å². The average Bonchev–Trinajstić information content (AvgIpc) is 2.81. The molecule has 172 valence electrons. The maximum Gasteiger partial charge on any atom is 0.338 e.